The van der Waals surface area contributed by atoms with E-state index in [1.54, 1.807) is 30.3 Å². The van der Waals surface area contributed by atoms with Crippen LogP contribution in [-0.4, -0.2) is 11.1 Å². The Balaban J connectivity index is 1.91. The van der Waals surface area contributed by atoms with Crippen LogP contribution in [0.5, 0.6) is 23.0 Å². The van der Waals surface area contributed by atoms with Gasteiger partial charge in [0.05, 0.1) is 5.56 Å². The first-order valence-electron chi connectivity index (χ1n) is 7.05. The van der Waals surface area contributed by atoms with E-state index in [4.69, 9.17) is 9.47 Å². The van der Waals surface area contributed by atoms with E-state index < -0.39 is 5.97 Å². The molecule has 4 nitrogen and oxygen atoms in total. The molecular formula is C19H14O4. The second-order valence-corrected chi connectivity index (χ2v) is 4.83. The highest BCUT2D eigenvalue weighted by atomic mass is 16.5. The van der Waals surface area contributed by atoms with Gasteiger partial charge in [-0.15, -0.1) is 0 Å². The molecule has 0 saturated heterocycles. The van der Waals surface area contributed by atoms with Crippen molar-refractivity contribution < 1.29 is 19.4 Å². The van der Waals surface area contributed by atoms with Crippen molar-refractivity contribution in [3.05, 3.63) is 84.4 Å². The number of hydrogen-bond acceptors (Lipinski definition) is 3. The number of carboxylic acid groups (broad SMARTS) is 1. The van der Waals surface area contributed by atoms with E-state index >= 15 is 0 Å². The van der Waals surface area contributed by atoms with E-state index in [1.165, 1.54) is 12.1 Å². The summed E-state index contributed by atoms with van der Waals surface area (Å²) in [5.41, 5.74) is 0.101. The molecule has 3 aromatic carbocycles. The molecule has 0 aromatic heterocycles. The van der Waals surface area contributed by atoms with Gasteiger partial charge in [-0.05, 0) is 36.4 Å². The third kappa shape index (κ3) is 3.89. The molecule has 0 saturated carbocycles. The Labute approximate surface area is 133 Å². The Morgan fingerprint density at radius 3 is 1.48 bits per heavy atom. The molecule has 0 aliphatic carbocycles. The van der Waals surface area contributed by atoms with Gasteiger partial charge >= 0.3 is 5.97 Å². The average molecular weight is 306 g/mol. The minimum atomic E-state index is -1.04. The zero-order valence-corrected chi connectivity index (χ0v) is 12.2. The van der Waals surface area contributed by atoms with E-state index in [-0.39, 0.29) is 5.56 Å². The summed E-state index contributed by atoms with van der Waals surface area (Å²) >= 11 is 0. The van der Waals surface area contributed by atoms with Gasteiger partial charge in [-0.3, -0.25) is 0 Å². The summed E-state index contributed by atoms with van der Waals surface area (Å²) in [6, 6.07) is 22.9. The van der Waals surface area contributed by atoms with Crippen LogP contribution in [0, 0.1) is 0 Å². The number of para-hydroxylation sites is 2. The largest absolute Gasteiger partial charge is 0.478 e. The third-order valence-electron chi connectivity index (χ3n) is 3.08. The summed E-state index contributed by atoms with van der Waals surface area (Å²) in [6.07, 6.45) is 0. The van der Waals surface area contributed by atoms with E-state index in [9.17, 15) is 9.90 Å². The lowest BCUT2D eigenvalue weighted by Gasteiger charge is -2.10. The maximum atomic E-state index is 11.3. The molecule has 3 rings (SSSR count). The Hall–Kier alpha value is -3.27. The maximum absolute atomic E-state index is 11.3. The number of aromatic carboxylic acids is 1. The molecule has 0 amide bonds. The van der Waals surface area contributed by atoms with Gasteiger partial charge < -0.3 is 14.6 Å². The van der Waals surface area contributed by atoms with Crippen LogP contribution < -0.4 is 9.47 Å². The lowest BCUT2D eigenvalue weighted by molar-refractivity contribution is 0.0696. The summed E-state index contributed by atoms with van der Waals surface area (Å²) in [5, 5.41) is 9.25. The van der Waals surface area contributed by atoms with Gasteiger partial charge in [0.1, 0.15) is 23.0 Å². The molecule has 3 aromatic rings. The molecule has 0 aliphatic rings. The van der Waals surface area contributed by atoms with Crippen molar-refractivity contribution in [2.24, 2.45) is 0 Å². The zero-order valence-electron chi connectivity index (χ0n) is 12.2. The van der Waals surface area contributed by atoms with Gasteiger partial charge in [0.15, 0.2) is 0 Å². The zero-order chi connectivity index (χ0) is 16.1. The van der Waals surface area contributed by atoms with Crippen molar-refractivity contribution >= 4 is 5.97 Å². The lowest BCUT2D eigenvalue weighted by Crippen LogP contribution is -1.98. The fraction of sp³-hybridized carbons (Fsp3) is 0. The number of carbonyl (C=O) groups is 1. The summed E-state index contributed by atoms with van der Waals surface area (Å²) in [7, 11) is 0. The first kappa shape index (κ1) is 14.7. The van der Waals surface area contributed by atoms with Crippen molar-refractivity contribution in [3.63, 3.8) is 0 Å². The van der Waals surface area contributed by atoms with Crippen LogP contribution in [0.3, 0.4) is 0 Å². The molecule has 23 heavy (non-hydrogen) atoms. The summed E-state index contributed by atoms with van der Waals surface area (Å²) in [6.45, 7) is 0. The van der Waals surface area contributed by atoms with Gasteiger partial charge in [0.2, 0.25) is 0 Å². The van der Waals surface area contributed by atoms with Gasteiger partial charge in [-0.2, -0.15) is 0 Å². The van der Waals surface area contributed by atoms with Crippen LogP contribution in [0.15, 0.2) is 78.9 Å². The van der Waals surface area contributed by atoms with E-state index in [0.29, 0.717) is 23.0 Å². The van der Waals surface area contributed by atoms with Crippen LogP contribution in [-0.2, 0) is 0 Å². The maximum Gasteiger partial charge on any atom is 0.335 e. The normalized spacial score (nSPS) is 10.1. The second-order valence-electron chi connectivity index (χ2n) is 4.83. The Morgan fingerprint density at radius 1 is 0.652 bits per heavy atom. The monoisotopic (exact) mass is 306 g/mol. The number of hydrogen-bond donors (Lipinski definition) is 1. The first-order chi connectivity index (χ1) is 11.2. The van der Waals surface area contributed by atoms with Crippen LogP contribution >= 0.6 is 0 Å². The smallest absolute Gasteiger partial charge is 0.335 e. The lowest BCUT2D eigenvalue weighted by atomic mass is 10.2. The van der Waals surface area contributed by atoms with Crippen molar-refractivity contribution in [1.29, 1.82) is 0 Å². The van der Waals surface area contributed by atoms with Crippen molar-refractivity contribution in [2.45, 2.75) is 0 Å². The van der Waals surface area contributed by atoms with Gasteiger partial charge in [0.25, 0.3) is 0 Å². The Kier molecular flexibility index (Phi) is 4.25. The number of carboxylic acids is 1. The summed E-state index contributed by atoms with van der Waals surface area (Å²) < 4.78 is 11.4. The minimum absolute atomic E-state index is 0.101. The second kappa shape index (κ2) is 6.66. The molecule has 4 heteroatoms. The van der Waals surface area contributed by atoms with Crippen LogP contribution in [0.2, 0.25) is 0 Å². The molecule has 0 atom stereocenters. The van der Waals surface area contributed by atoms with Crippen LogP contribution in [0.4, 0.5) is 0 Å². The number of ether oxygens (including phenoxy) is 2. The highest BCUT2D eigenvalue weighted by Gasteiger charge is 2.10. The minimum Gasteiger partial charge on any atom is -0.478 e. The fourth-order valence-electron chi connectivity index (χ4n) is 2.06. The molecule has 0 unspecified atom stereocenters. The number of rotatable bonds is 5. The molecule has 0 fully saturated rings. The highest BCUT2D eigenvalue weighted by molar-refractivity contribution is 5.88. The van der Waals surface area contributed by atoms with Crippen LogP contribution in [0.1, 0.15) is 10.4 Å². The molecule has 0 radical (unpaired) electrons. The van der Waals surface area contributed by atoms with Gasteiger partial charge in [-0.25, -0.2) is 4.79 Å². The quantitative estimate of drug-likeness (QED) is 0.723. The summed E-state index contributed by atoms with van der Waals surface area (Å²) in [4.78, 5) is 11.3. The standard InChI is InChI=1S/C19H14O4/c20-19(21)14-11-17(22-15-7-3-1-4-8-15)13-18(12-14)23-16-9-5-2-6-10-16/h1-13H,(H,20,21). The Morgan fingerprint density at radius 2 is 1.09 bits per heavy atom. The van der Waals surface area contributed by atoms with Crippen LogP contribution in [0.25, 0.3) is 0 Å². The molecule has 0 spiro atoms. The molecule has 0 bridgehead atoms. The van der Waals surface area contributed by atoms with E-state index in [2.05, 4.69) is 0 Å². The Bertz CT molecular complexity index is 738. The third-order valence-corrected chi connectivity index (χ3v) is 3.08. The van der Waals surface area contributed by atoms with Gasteiger partial charge in [-0.1, -0.05) is 36.4 Å². The van der Waals surface area contributed by atoms with Crippen molar-refractivity contribution in [2.75, 3.05) is 0 Å². The predicted molar refractivity (Wildman–Crippen MR) is 86.4 cm³/mol. The molecule has 1 N–H and O–H groups in total. The van der Waals surface area contributed by atoms with Crippen molar-refractivity contribution in [3.8, 4) is 23.0 Å². The topological polar surface area (TPSA) is 55.8 Å². The van der Waals surface area contributed by atoms with Crippen molar-refractivity contribution in [1.82, 2.24) is 0 Å². The summed E-state index contributed by atoms with van der Waals surface area (Å²) in [5.74, 6) is 1.02. The van der Waals surface area contributed by atoms with Gasteiger partial charge in [0, 0.05) is 6.07 Å². The SMILES string of the molecule is O=C(O)c1cc(Oc2ccccc2)cc(Oc2ccccc2)c1. The van der Waals surface area contributed by atoms with E-state index in [0.717, 1.165) is 0 Å². The van der Waals surface area contributed by atoms with E-state index in [1.807, 2.05) is 36.4 Å². The highest BCUT2D eigenvalue weighted by Crippen LogP contribution is 2.30. The molecule has 0 heterocycles. The number of benzene rings is 3. The average Bonchev–Trinajstić information content (AvgIpc) is 2.56. The predicted octanol–water partition coefficient (Wildman–Crippen LogP) is 4.97. The first-order valence-corrected chi connectivity index (χ1v) is 7.05. The fourth-order valence-corrected chi connectivity index (χ4v) is 2.06. The molecule has 0 aliphatic heterocycles. The molecular weight excluding hydrogens is 292 g/mol. The molecule has 114 valence electrons.